The Kier molecular flexibility index (Phi) is 8.78. The third kappa shape index (κ3) is 10.7. The Labute approximate surface area is 106 Å². The van der Waals surface area contributed by atoms with Gasteiger partial charge in [0.15, 0.2) is 0 Å². The highest BCUT2D eigenvalue weighted by molar-refractivity contribution is 4.72. The number of nitrogens with one attached hydrogen (secondary N) is 1. The maximum atomic E-state index is 6.07. The van der Waals surface area contributed by atoms with Crippen molar-refractivity contribution in [1.82, 2.24) is 5.32 Å². The second kappa shape index (κ2) is 8.86. The molecule has 0 bridgehead atoms. The van der Waals surface area contributed by atoms with Crippen molar-refractivity contribution in [2.24, 2.45) is 11.1 Å². The number of hydrogen-bond acceptors (Lipinski definition) is 4. The first-order valence-corrected chi connectivity index (χ1v) is 6.37. The first kappa shape index (κ1) is 16.8. The number of methoxy groups -OCH3 is 2. The van der Waals surface area contributed by atoms with E-state index in [-0.39, 0.29) is 12.1 Å². The lowest BCUT2D eigenvalue weighted by molar-refractivity contribution is 0.0289. The third-order valence-electron chi connectivity index (χ3n) is 2.62. The molecule has 4 heteroatoms. The van der Waals surface area contributed by atoms with Gasteiger partial charge in [-0.15, -0.1) is 0 Å². The summed E-state index contributed by atoms with van der Waals surface area (Å²) in [5.41, 5.74) is 6.38. The SMILES string of the molecule is COCC(CNCCC(N)CC(C)(C)C)OC. The highest BCUT2D eigenvalue weighted by Gasteiger charge is 2.15. The molecular formula is C13H30N2O2. The predicted molar refractivity (Wildman–Crippen MR) is 72.2 cm³/mol. The van der Waals surface area contributed by atoms with Gasteiger partial charge in [-0.05, 0) is 24.8 Å². The van der Waals surface area contributed by atoms with Crippen molar-refractivity contribution in [3.05, 3.63) is 0 Å². The summed E-state index contributed by atoms with van der Waals surface area (Å²) in [6.07, 6.45) is 2.18. The summed E-state index contributed by atoms with van der Waals surface area (Å²) in [4.78, 5) is 0. The van der Waals surface area contributed by atoms with Gasteiger partial charge in [0.05, 0.1) is 12.7 Å². The van der Waals surface area contributed by atoms with E-state index in [0.717, 1.165) is 25.9 Å². The molecule has 0 fully saturated rings. The second-order valence-corrected chi connectivity index (χ2v) is 5.83. The van der Waals surface area contributed by atoms with Crippen LogP contribution in [0.25, 0.3) is 0 Å². The molecule has 3 N–H and O–H groups in total. The van der Waals surface area contributed by atoms with Gasteiger partial charge in [-0.3, -0.25) is 0 Å². The van der Waals surface area contributed by atoms with E-state index in [1.54, 1.807) is 14.2 Å². The predicted octanol–water partition coefficient (Wildman–Crippen LogP) is 1.39. The molecule has 0 radical (unpaired) electrons. The molecule has 0 amide bonds. The molecule has 0 saturated heterocycles. The Morgan fingerprint density at radius 3 is 2.35 bits per heavy atom. The largest absolute Gasteiger partial charge is 0.382 e. The van der Waals surface area contributed by atoms with E-state index in [1.807, 2.05) is 0 Å². The average molecular weight is 246 g/mol. The number of nitrogens with two attached hydrogens (primary N) is 1. The van der Waals surface area contributed by atoms with Crippen LogP contribution >= 0.6 is 0 Å². The van der Waals surface area contributed by atoms with Crippen LogP contribution in [-0.2, 0) is 9.47 Å². The molecule has 0 rings (SSSR count). The van der Waals surface area contributed by atoms with Crippen molar-refractivity contribution >= 4 is 0 Å². The van der Waals surface area contributed by atoms with E-state index in [4.69, 9.17) is 15.2 Å². The minimum absolute atomic E-state index is 0.124. The van der Waals surface area contributed by atoms with E-state index in [0.29, 0.717) is 12.0 Å². The summed E-state index contributed by atoms with van der Waals surface area (Å²) in [6, 6.07) is 0.269. The van der Waals surface area contributed by atoms with Crippen LogP contribution in [-0.4, -0.2) is 46.1 Å². The minimum Gasteiger partial charge on any atom is -0.382 e. The van der Waals surface area contributed by atoms with E-state index < -0.39 is 0 Å². The van der Waals surface area contributed by atoms with E-state index in [2.05, 4.69) is 26.1 Å². The van der Waals surface area contributed by atoms with Crippen LogP contribution in [0.15, 0.2) is 0 Å². The quantitative estimate of drug-likeness (QED) is 0.604. The number of rotatable bonds is 9. The topological polar surface area (TPSA) is 56.5 Å². The molecule has 4 nitrogen and oxygen atoms in total. The lowest BCUT2D eigenvalue weighted by Gasteiger charge is -2.23. The van der Waals surface area contributed by atoms with Crippen molar-refractivity contribution in [2.45, 2.75) is 45.8 Å². The van der Waals surface area contributed by atoms with Crippen molar-refractivity contribution in [3.63, 3.8) is 0 Å². The van der Waals surface area contributed by atoms with Gasteiger partial charge in [-0.2, -0.15) is 0 Å². The first-order valence-electron chi connectivity index (χ1n) is 6.37. The highest BCUT2D eigenvalue weighted by Crippen LogP contribution is 2.20. The van der Waals surface area contributed by atoms with Gasteiger partial charge in [0.1, 0.15) is 0 Å². The van der Waals surface area contributed by atoms with Crippen molar-refractivity contribution in [2.75, 3.05) is 33.9 Å². The normalized spacial score (nSPS) is 15.9. The maximum Gasteiger partial charge on any atom is 0.0928 e. The van der Waals surface area contributed by atoms with Crippen LogP contribution in [0.4, 0.5) is 0 Å². The highest BCUT2D eigenvalue weighted by atomic mass is 16.5. The molecule has 0 saturated carbocycles. The molecule has 2 atom stereocenters. The van der Waals surface area contributed by atoms with E-state index in [9.17, 15) is 0 Å². The van der Waals surface area contributed by atoms with Gasteiger partial charge in [0.2, 0.25) is 0 Å². The summed E-state index contributed by atoms with van der Waals surface area (Å²) in [5.74, 6) is 0. The van der Waals surface area contributed by atoms with Crippen molar-refractivity contribution < 1.29 is 9.47 Å². The molecule has 0 spiro atoms. The van der Waals surface area contributed by atoms with E-state index >= 15 is 0 Å². The van der Waals surface area contributed by atoms with Crippen molar-refractivity contribution in [3.8, 4) is 0 Å². The van der Waals surface area contributed by atoms with Gasteiger partial charge in [0.25, 0.3) is 0 Å². The number of ether oxygens (including phenoxy) is 2. The standard InChI is InChI=1S/C13H30N2O2/c1-13(2,3)8-11(14)6-7-15-9-12(17-5)10-16-4/h11-12,15H,6-10,14H2,1-5H3. The van der Waals surface area contributed by atoms with Crippen molar-refractivity contribution in [1.29, 1.82) is 0 Å². The van der Waals surface area contributed by atoms with Gasteiger partial charge >= 0.3 is 0 Å². The monoisotopic (exact) mass is 246 g/mol. The first-order chi connectivity index (χ1) is 7.89. The summed E-state index contributed by atoms with van der Waals surface area (Å²) in [7, 11) is 3.39. The smallest absolute Gasteiger partial charge is 0.0928 e. The summed E-state index contributed by atoms with van der Waals surface area (Å²) < 4.78 is 10.3. The Bertz CT molecular complexity index is 181. The second-order valence-electron chi connectivity index (χ2n) is 5.83. The molecule has 0 aromatic carbocycles. The van der Waals surface area contributed by atoms with Gasteiger partial charge in [-0.1, -0.05) is 20.8 Å². The molecular weight excluding hydrogens is 216 g/mol. The summed E-state index contributed by atoms with van der Waals surface area (Å²) >= 11 is 0. The van der Waals surface area contributed by atoms with E-state index in [1.165, 1.54) is 0 Å². The molecule has 0 aliphatic heterocycles. The molecule has 0 aliphatic rings. The summed E-state index contributed by atoms with van der Waals surface area (Å²) in [5, 5.41) is 3.35. The van der Waals surface area contributed by atoms with Crippen LogP contribution < -0.4 is 11.1 Å². The van der Waals surface area contributed by atoms with Crippen LogP contribution in [0, 0.1) is 5.41 Å². The molecule has 2 unspecified atom stereocenters. The van der Waals surface area contributed by atoms with Crippen LogP contribution in [0.1, 0.15) is 33.6 Å². The fourth-order valence-electron chi connectivity index (χ4n) is 1.84. The van der Waals surface area contributed by atoms with Gasteiger partial charge in [0, 0.05) is 26.8 Å². The van der Waals surface area contributed by atoms with Gasteiger partial charge in [-0.25, -0.2) is 0 Å². The van der Waals surface area contributed by atoms with Gasteiger partial charge < -0.3 is 20.5 Å². The minimum atomic E-state index is 0.124. The zero-order valence-electron chi connectivity index (χ0n) is 12.1. The molecule has 104 valence electrons. The molecule has 0 aliphatic carbocycles. The Balaban J connectivity index is 3.56. The zero-order chi connectivity index (χ0) is 13.3. The molecule has 0 heterocycles. The maximum absolute atomic E-state index is 6.07. The van der Waals surface area contributed by atoms with Crippen LogP contribution in [0.5, 0.6) is 0 Å². The van der Waals surface area contributed by atoms with Crippen LogP contribution in [0.3, 0.4) is 0 Å². The molecule has 17 heavy (non-hydrogen) atoms. The lowest BCUT2D eigenvalue weighted by Crippen LogP contribution is -2.35. The molecule has 0 aromatic rings. The third-order valence-corrected chi connectivity index (χ3v) is 2.62. The van der Waals surface area contributed by atoms with Crippen LogP contribution in [0.2, 0.25) is 0 Å². The fourth-order valence-corrected chi connectivity index (χ4v) is 1.84. The number of hydrogen-bond donors (Lipinski definition) is 2. The Morgan fingerprint density at radius 2 is 1.88 bits per heavy atom. The Morgan fingerprint density at radius 1 is 1.24 bits per heavy atom. The average Bonchev–Trinajstić information content (AvgIpc) is 2.20. The lowest BCUT2D eigenvalue weighted by atomic mass is 9.87. The molecule has 0 aromatic heterocycles. The summed E-state index contributed by atoms with van der Waals surface area (Å²) in [6.45, 7) is 9.03. The Hall–Kier alpha value is -0.160. The zero-order valence-corrected chi connectivity index (χ0v) is 12.1. The fraction of sp³-hybridized carbons (Fsp3) is 1.00.